The molecule has 1 N–H and O–H groups in total. The second-order valence-corrected chi connectivity index (χ2v) is 8.09. The molecule has 0 saturated heterocycles. The lowest BCUT2D eigenvalue weighted by atomic mass is 10.1. The van der Waals surface area contributed by atoms with Crippen molar-refractivity contribution in [3.8, 4) is 6.07 Å². The number of imidazole rings is 1. The number of fused-ring (bicyclic) bond motifs is 3. The van der Waals surface area contributed by atoms with Gasteiger partial charge in [-0.25, -0.2) is 4.98 Å². The largest absolute Gasteiger partial charge is 0.349 e. The van der Waals surface area contributed by atoms with Gasteiger partial charge in [0.2, 0.25) is 5.91 Å². The zero-order valence-corrected chi connectivity index (χ0v) is 17.7. The quantitative estimate of drug-likeness (QED) is 0.456. The number of aryl methyl sites for hydroxylation is 1. The Bertz CT molecular complexity index is 1260. The SMILES string of the molecule is CCc1cc(SCC(=O)N[C@H](C)c2ccccc2)n2c(nc3ccccc32)c1C#N. The number of benzene rings is 2. The third kappa shape index (κ3) is 3.77. The molecule has 2 aromatic heterocycles. The van der Waals surface area contributed by atoms with E-state index < -0.39 is 0 Å². The van der Waals surface area contributed by atoms with Gasteiger partial charge in [-0.1, -0.05) is 61.2 Å². The highest BCUT2D eigenvalue weighted by Gasteiger charge is 2.17. The van der Waals surface area contributed by atoms with Crippen LogP contribution in [0.15, 0.2) is 65.7 Å². The van der Waals surface area contributed by atoms with Crippen LogP contribution in [0.2, 0.25) is 0 Å². The Morgan fingerprint density at radius 1 is 1.20 bits per heavy atom. The van der Waals surface area contributed by atoms with Crippen LogP contribution in [0.1, 0.15) is 36.6 Å². The topological polar surface area (TPSA) is 70.2 Å². The fourth-order valence-electron chi connectivity index (χ4n) is 3.60. The zero-order chi connectivity index (χ0) is 21.1. The third-order valence-corrected chi connectivity index (χ3v) is 6.15. The molecule has 0 spiro atoms. The minimum absolute atomic E-state index is 0.0312. The Labute approximate surface area is 179 Å². The molecule has 4 rings (SSSR count). The fourth-order valence-corrected chi connectivity index (χ4v) is 4.50. The average molecular weight is 415 g/mol. The van der Waals surface area contributed by atoms with Crippen molar-refractivity contribution in [3.05, 3.63) is 77.4 Å². The molecule has 0 fully saturated rings. The van der Waals surface area contributed by atoms with Gasteiger partial charge in [0.25, 0.3) is 0 Å². The Morgan fingerprint density at radius 2 is 1.93 bits per heavy atom. The number of para-hydroxylation sites is 2. The summed E-state index contributed by atoms with van der Waals surface area (Å²) in [7, 11) is 0. The molecule has 0 radical (unpaired) electrons. The standard InChI is InChI=1S/C24H22N4OS/c1-3-17-13-23(30-15-22(29)26-16(2)18-9-5-4-6-10-18)28-21-12-8-7-11-20(21)27-24(28)19(17)14-25/h4-13,16H,3,15H2,1-2H3,(H,26,29)/t16-/m1/s1. The third-order valence-electron chi connectivity index (χ3n) is 5.14. The second-order valence-electron chi connectivity index (χ2n) is 7.10. The van der Waals surface area contributed by atoms with E-state index in [4.69, 9.17) is 4.98 Å². The molecule has 0 saturated carbocycles. The van der Waals surface area contributed by atoms with E-state index in [2.05, 4.69) is 11.4 Å². The van der Waals surface area contributed by atoms with Gasteiger partial charge < -0.3 is 5.32 Å². The second kappa shape index (κ2) is 8.60. The van der Waals surface area contributed by atoms with E-state index in [-0.39, 0.29) is 17.7 Å². The highest BCUT2D eigenvalue weighted by Crippen LogP contribution is 2.30. The average Bonchev–Trinajstić information content (AvgIpc) is 3.17. The smallest absolute Gasteiger partial charge is 0.230 e. The summed E-state index contributed by atoms with van der Waals surface area (Å²) >= 11 is 1.46. The van der Waals surface area contributed by atoms with Crippen LogP contribution in [0.25, 0.3) is 16.7 Å². The monoisotopic (exact) mass is 414 g/mol. The summed E-state index contributed by atoms with van der Waals surface area (Å²) in [6, 6.07) is 22.0. The van der Waals surface area contributed by atoms with Crippen molar-refractivity contribution < 1.29 is 4.79 Å². The van der Waals surface area contributed by atoms with Gasteiger partial charge in [-0.15, -0.1) is 0 Å². The van der Waals surface area contributed by atoms with E-state index in [1.807, 2.05) is 78.9 Å². The van der Waals surface area contributed by atoms with Gasteiger partial charge in [0.05, 0.1) is 33.4 Å². The van der Waals surface area contributed by atoms with E-state index in [9.17, 15) is 10.1 Å². The van der Waals surface area contributed by atoms with Crippen LogP contribution in [-0.2, 0) is 11.2 Å². The zero-order valence-electron chi connectivity index (χ0n) is 16.9. The number of nitrogens with zero attached hydrogens (tertiary/aromatic N) is 3. The number of nitrogens with one attached hydrogen (secondary N) is 1. The van der Waals surface area contributed by atoms with E-state index in [1.165, 1.54) is 11.8 Å². The lowest BCUT2D eigenvalue weighted by Gasteiger charge is -2.15. The molecule has 4 aromatic rings. The van der Waals surface area contributed by atoms with Crippen LogP contribution in [-0.4, -0.2) is 21.0 Å². The van der Waals surface area contributed by atoms with Crippen molar-refractivity contribution in [1.29, 1.82) is 5.26 Å². The fraction of sp³-hybridized carbons (Fsp3) is 0.208. The first-order valence-corrected chi connectivity index (χ1v) is 10.9. The Hall–Kier alpha value is -3.30. The summed E-state index contributed by atoms with van der Waals surface area (Å²) in [5.74, 6) is 0.254. The minimum atomic E-state index is -0.0550. The molecule has 6 heteroatoms. The first-order chi connectivity index (χ1) is 14.6. The first kappa shape index (κ1) is 20.0. The van der Waals surface area contributed by atoms with E-state index in [0.29, 0.717) is 11.2 Å². The summed E-state index contributed by atoms with van der Waals surface area (Å²) in [5, 5.41) is 13.7. The van der Waals surface area contributed by atoms with Crippen LogP contribution < -0.4 is 5.32 Å². The Balaban J connectivity index is 1.64. The van der Waals surface area contributed by atoms with Crippen molar-refractivity contribution in [3.63, 3.8) is 0 Å². The highest BCUT2D eigenvalue weighted by molar-refractivity contribution is 7.99. The van der Waals surface area contributed by atoms with Gasteiger partial charge in [-0.3, -0.25) is 9.20 Å². The van der Waals surface area contributed by atoms with Crippen molar-refractivity contribution in [2.75, 3.05) is 5.75 Å². The minimum Gasteiger partial charge on any atom is -0.349 e. The molecule has 2 heterocycles. The van der Waals surface area contributed by atoms with E-state index >= 15 is 0 Å². The molecule has 0 unspecified atom stereocenters. The number of carbonyl (C=O) groups is 1. The Kier molecular flexibility index (Phi) is 5.73. The predicted octanol–water partition coefficient (Wildman–Crippen LogP) is 4.89. The van der Waals surface area contributed by atoms with E-state index in [1.54, 1.807) is 0 Å². The number of thioether (sulfide) groups is 1. The molecule has 0 aliphatic rings. The van der Waals surface area contributed by atoms with Crippen LogP contribution in [0, 0.1) is 11.3 Å². The van der Waals surface area contributed by atoms with Crippen molar-refractivity contribution in [2.45, 2.75) is 31.3 Å². The van der Waals surface area contributed by atoms with Gasteiger partial charge in [-0.2, -0.15) is 5.26 Å². The Morgan fingerprint density at radius 3 is 2.67 bits per heavy atom. The van der Waals surface area contributed by atoms with Crippen LogP contribution in [0.3, 0.4) is 0 Å². The maximum Gasteiger partial charge on any atom is 0.230 e. The summed E-state index contributed by atoms with van der Waals surface area (Å²) in [5.41, 5.74) is 5.05. The van der Waals surface area contributed by atoms with Gasteiger partial charge >= 0.3 is 0 Å². The molecular formula is C24H22N4OS. The number of hydrogen-bond acceptors (Lipinski definition) is 4. The van der Waals surface area contributed by atoms with Crippen molar-refractivity contribution >= 4 is 34.3 Å². The van der Waals surface area contributed by atoms with E-state index in [0.717, 1.165) is 33.6 Å². The summed E-state index contributed by atoms with van der Waals surface area (Å²) < 4.78 is 1.99. The van der Waals surface area contributed by atoms with Crippen molar-refractivity contribution in [1.82, 2.24) is 14.7 Å². The molecule has 1 atom stereocenters. The summed E-state index contributed by atoms with van der Waals surface area (Å²) in [6.07, 6.45) is 0.730. The summed E-state index contributed by atoms with van der Waals surface area (Å²) in [4.78, 5) is 17.3. The number of rotatable bonds is 6. The molecule has 150 valence electrons. The van der Waals surface area contributed by atoms with Crippen LogP contribution >= 0.6 is 11.8 Å². The predicted molar refractivity (Wildman–Crippen MR) is 121 cm³/mol. The number of aromatic nitrogens is 2. The molecule has 0 bridgehead atoms. The lowest BCUT2D eigenvalue weighted by molar-refractivity contribution is -0.119. The van der Waals surface area contributed by atoms with Crippen LogP contribution in [0.5, 0.6) is 0 Å². The van der Waals surface area contributed by atoms with Crippen LogP contribution in [0.4, 0.5) is 0 Å². The normalized spacial score (nSPS) is 12.0. The molecule has 5 nitrogen and oxygen atoms in total. The molecule has 2 aromatic carbocycles. The van der Waals surface area contributed by atoms with Gasteiger partial charge in [0.15, 0.2) is 5.65 Å². The maximum absolute atomic E-state index is 12.6. The van der Waals surface area contributed by atoms with Gasteiger partial charge in [0.1, 0.15) is 6.07 Å². The molecular weight excluding hydrogens is 392 g/mol. The number of pyridine rings is 1. The molecule has 1 amide bonds. The lowest BCUT2D eigenvalue weighted by Crippen LogP contribution is -2.28. The summed E-state index contributed by atoms with van der Waals surface area (Å²) in [6.45, 7) is 4.01. The number of nitriles is 1. The molecule has 30 heavy (non-hydrogen) atoms. The molecule has 0 aliphatic carbocycles. The molecule has 0 aliphatic heterocycles. The first-order valence-electron chi connectivity index (χ1n) is 9.92. The van der Waals surface area contributed by atoms with Crippen molar-refractivity contribution in [2.24, 2.45) is 0 Å². The number of carbonyl (C=O) groups excluding carboxylic acids is 1. The van der Waals surface area contributed by atoms with Gasteiger partial charge in [-0.05, 0) is 42.7 Å². The highest BCUT2D eigenvalue weighted by atomic mass is 32.2. The van der Waals surface area contributed by atoms with Gasteiger partial charge in [0, 0.05) is 0 Å². The number of amides is 1. The number of hydrogen-bond donors (Lipinski definition) is 1. The maximum atomic E-state index is 12.6.